The molecular weight excluding hydrogens is 254 g/mol. The van der Waals surface area contributed by atoms with Gasteiger partial charge in [0.05, 0.1) is 17.9 Å². The molecule has 0 spiro atoms. The summed E-state index contributed by atoms with van der Waals surface area (Å²) in [5.41, 5.74) is 1.10. The van der Waals surface area contributed by atoms with Crippen molar-refractivity contribution in [2.75, 3.05) is 11.9 Å². The number of nitrogens with zero attached hydrogens (tertiary/aromatic N) is 2. The lowest BCUT2D eigenvalue weighted by atomic mass is 9.86. The molecule has 5 heteroatoms. The van der Waals surface area contributed by atoms with Gasteiger partial charge in [0, 0.05) is 12.2 Å². The molecule has 2 atom stereocenters. The Morgan fingerprint density at radius 2 is 2.20 bits per heavy atom. The normalized spacial score (nSPS) is 22.4. The molecule has 1 heterocycles. The van der Waals surface area contributed by atoms with Crippen molar-refractivity contribution >= 4 is 11.9 Å². The summed E-state index contributed by atoms with van der Waals surface area (Å²) >= 11 is 0. The smallest absolute Gasteiger partial charge is 0.341 e. The molecule has 2 unspecified atom stereocenters. The molecule has 1 aliphatic rings. The topological polar surface area (TPSA) is 64.1 Å². The number of esters is 1. The zero-order chi connectivity index (χ0) is 14.5. The predicted octanol–water partition coefficient (Wildman–Crippen LogP) is 2.95. The Kier molecular flexibility index (Phi) is 4.93. The fourth-order valence-corrected chi connectivity index (χ4v) is 2.64. The number of aryl methyl sites for hydroxylation is 1. The number of aromatic nitrogens is 2. The molecule has 1 N–H and O–H groups in total. The average molecular weight is 277 g/mol. The average Bonchev–Trinajstić information content (AvgIpc) is 2.42. The van der Waals surface area contributed by atoms with Gasteiger partial charge in [0.15, 0.2) is 0 Å². The zero-order valence-corrected chi connectivity index (χ0v) is 12.5. The molecule has 0 aliphatic heterocycles. The zero-order valence-electron chi connectivity index (χ0n) is 12.5. The number of hydrogen-bond acceptors (Lipinski definition) is 5. The van der Waals surface area contributed by atoms with Crippen molar-refractivity contribution in [1.29, 1.82) is 0 Å². The molecule has 110 valence electrons. The fourth-order valence-electron chi connectivity index (χ4n) is 2.64. The molecule has 0 amide bonds. The summed E-state index contributed by atoms with van der Waals surface area (Å²) in [7, 11) is 0. The van der Waals surface area contributed by atoms with Crippen molar-refractivity contribution in [1.82, 2.24) is 9.97 Å². The van der Waals surface area contributed by atoms with Gasteiger partial charge in [-0.2, -0.15) is 0 Å². The van der Waals surface area contributed by atoms with E-state index in [9.17, 15) is 4.79 Å². The van der Waals surface area contributed by atoms with E-state index in [2.05, 4.69) is 22.2 Å². The quantitative estimate of drug-likeness (QED) is 0.857. The molecule has 20 heavy (non-hydrogen) atoms. The van der Waals surface area contributed by atoms with Crippen LogP contribution in [0.1, 0.15) is 55.6 Å². The Hall–Kier alpha value is -1.65. The molecule has 5 nitrogen and oxygen atoms in total. The van der Waals surface area contributed by atoms with E-state index < -0.39 is 0 Å². The summed E-state index contributed by atoms with van der Waals surface area (Å²) in [5, 5.41) is 3.40. The molecule has 1 saturated carbocycles. The van der Waals surface area contributed by atoms with Crippen LogP contribution >= 0.6 is 0 Å². The summed E-state index contributed by atoms with van der Waals surface area (Å²) in [5.74, 6) is 0.884. The van der Waals surface area contributed by atoms with Gasteiger partial charge >= 0.3 is 5.97 Å². The molecule has 0 radical (unpaired) electrons. The Labute approximate surface area is 120 Å². The van der Waals surface area contributed by atoms with Crippen LogP contribution in [0.5, 0.6) is 0 Å². The third-order valence-corrected chi connectivity index (χ3v) is 3.90. The highest BCUT2D eigenvalue weighted by Crippen LogP contribution is 2.26. The van der Waals surface area contributed by atoms with E-state index in [1.807, 2.05) is 6.92 Å². The third-order valence-electron chi connectivity index (χ3n) is 3.90. The van der Waals surface area contributed by atoms with Crippen molar-refractivity contribution in [2.45, 2.75) is 52.5 Å². The molecule has 2 rings (SSSR count). The molecule has 0 saturated heterocycles. The van der Waals surface area contributed by atoms with Gasteiger partial charge in [-0.05, 0) is 32.6 Å². The number of carbonyl (C=O) groups is 1. The van der Waals surface area contributed by atoms with Crippen LogP contribution in [0.3, 0.4) is 0 Å². The molecular formula is C15H23N3O2. The van der Waals surface area contributed by atoms with Gasteiger partial charge in [-0.1, -0.05) is 19.8 Å². The van der Waals surface area contributed by atoms with Crippen LogP contribution in [0.2, 0.25) is 0 Å². The highest BCUT2D eigenvalue weighted by molar-refractivity contribution is 5.90. The minimum Gasteiger partial charge on any atom is -0.462 e. The van der Waals surface area contributed by atoms with Crippen molar-refractivity contribution < 1.29 is 9.53 Å². The maximum atomic E-state index is 11.7. The number of rotatable bonds is 4. The van der Waals surface area contributed by atoms with Crippen LogP contribution in [0.15, 0.2) is 6.20 Å². The summed E-state index contributed by atoms with van der Waals surface area (Å²) in [4.78, 5) is 20.3. The van der Waals surface area contributed by atoms with Crippen molar-refractivity contribution in [3.8, 4) is 0 Å². The maximum absolute atomic E-state index is 11.7. The van der Waals surface area contributed by atoms with E-state index >= 15 is 0 Å². The number of anilines is 1. The number of ether oxygens (including phenoxy) is 1. The van der Waals surface area contributed by atoms with Gasteiger partial charge < -0.3 is 10.1 Å². The summed E-state index contributed by atoms with van der Waals surface area (Å²) < 4.78 is 4.98. The van der Waals surface area contributed by atoms with E-state index in [-0.39, 0.29) is 5.97 Å². The van der Waals surface area contributed by atoms with E-state index in [0.717, 1.165) is 6.42 Å². The molecule has 1 fully saturated rings. The molecule has 1 aromatic rings. The standard InChI is InChI=1S/C15H23N3O2/c1-4-20-14(19)12-9-16-15(17-11(12)3)18-13-8-6-5-7-10(13)2/h9-10,13H,4-8H2,1-3H3,(H,16,17,18). The molecule has 1 aromatic heterocycles. The van der Waals surface area contributed by atoms with Crippen molar-refractivity contribution in [3.63, 3.8) is 0 Å². The minimum absolute atomic E-state index is 0.359. The van der Waals surface area contributed by atoms with Crippen LogP contribution in [0.25, 0.3) is 0 Å². The van der Waals surface area contributed by atoms with Crippen molar-refractivity contribution in [3.05, 3.63) is 17.5 Å². The SMILES string of the molecule is CCOC(=O)c1cnc(NC2CCCCC2C)nc1C. The first-order valence-corrected chi connectivity index (χ1v) is 7.39. The van der Waals surface area contributed by atoms with Crippen molar-refractivity contribution in [2.24, 2.45) is 5.92 Å². The Morgan fingerprint density at radius 3 is 2.85 bits per heavy atom. The first kappa shape index (κ1) is 14.8. The van der Waals surface area contributed by atoms with Gasteiger partial charge in [0.1, 0.15) is 0 Å². The lowest BCUT2D eigenvalue weighted by Crippen LogP contribution is -2.31. The third kappa shape index (κ3) is 3.46. The summed E-state index contributed by atoms with van der Waals surface area (Å²) in [6.07, 6.45) is 6.51. The van der Waals surface area contributed by atoms with Gasteiger partial charge in [-0.25, -0.2) is 14.8 Å². The summed E-state index contributed by atoms with van der Waals surface area (Å²) in [6.45, 7) is 6.21. The Balaban J connectivity index is 2.06. The first-order chi connectivity index (χ1) is 9.61. The highest BCUT2D eigenvalue weighted by Gasteiger charge is 2.22. The second-order valence-electron chi connectivity index (χ2n) is 5.43. The van der Waals surface area contributed by atoms with E-state index in [4.69, 9.17) is 4.74 Å². The Bertz CT molecular complexity index is 476. The molecule has 0 aromatic carbocycles. The van der Waals surface area contributed by atoms with Gasteiger partial charge in [-0.15, -0.1) is 0 Å². The van der Waals surface area contributed by atoms with Crippen LogP contribution in [-0.4, -0.2) is 28.6 Å². The van der Waals surface area contributed by atoms with Gasteiger partial charge in [0.2, 0.25) is 5.95 Å². The maximum Gasteiger partial charge on any atom is 0.341 e. The lowest BCUT2D eigenvalue weighted by molar-refractivity contribution is 0.0524. The number of nitrogens with one attached hydrogen (secondary N) is 1. The second kappa shape index (κ2) is 6.68. The number of hydrogen-bond donors (Lipinski definition) is 1. The van der Waals surface area contributed by atoms with Crippen LogP contribution < -0.4 is 5.32 Å². The molecule has 0 bridgehead atoms. The minimum atomic E-state index is -0.359. The fraction of sp³-hybridized carbons (Fsp3) is 0.667. The monoisotopic (exact) mass is 277 g/mol. The van der Waals surface area contributed by atoms with Gasteiger partial charge in [-0.3, -0.25) is 0 Å². The van der Waals surface area contributed by atoms with E-state index in [1.54, 1.807) is 13.1 Å². The van der Waals surface area contributed by atoms with Crippen LogP contribution in [0.4, 0.5) is 5.95 Å². The first-order valence-electron chi connectivity index (χ1n) is 7.39. The number of carbonyl (C=O) groups excluding carboxylic acids is 1. The second-order valence-corrected chi connectivity index (χ2v) is 5.43. The van der Waals surface area contributed by atoms with Gasteiger partial charge in [0.25, 0.3) is 0 Å². The Morgan fingerprint density at radius 1 is 1.45 bits per heavy atom. The van der Waals surface area contributed by atoms with E-state index in [1.165, 1.54) is 19.3 Å². The van der Waals surface area contributed by atoms with E-state index in [0.29, 0.717) is 35.8 Å². The lowest BCUT2D eigenvalue weighted by Gasteiger charge is -2.29. The molecule has 1 aliphatic carbocycles. The van der Waals surface area contributed by atoms with Crippen LogP contribution in [0, 0.1) is 12.8 Å². The predicted molar refractivity (Wildman–Crippen MR) is 77.8 cm³/mol. The highest BCUT2D eigenvalue weighted by atomic mass is 16.5. The van der Waals surface area contributed by atoms with Crippen LogP contribution in [-0.2, 0) is 4.74 Å². The largest absolute Gasteiger partial charge is 0.462 e. The summed E-state index contributed by atoms with van der Waals surface area (Å²) in [6, 6.07) is 0.427.